The van der Waals surface area contributed by atoms with Crippen LogP contribution in [0.2, 0.25) is 0 Å². The van der Waals surface area contributed by atoms with Crippen LogP contribution in [0.3, 0.4) is 0 Å². The van der Waals surface area contributed by atoms with Crippen LogP contribution in [0.25, 0.3) is 0 Å². The van der Waals surface area contributed by atoms with Crippen molar-refractivity contribution >= 4 is 17.4 Å². The van der Waals surface area contributed by atoms with E-state index in [0.29, 0.717) is 19.0 Å². The third-order valence-corrected chi connectivity index (χ3v) is 4.36. The van der Waals surface area contributed by atoms with Gasteiger partial charge >= 0.3 is 0 Å². The van der Waals surface area contributed by atoms with Gasteiger partial charge in [0.05, 0.1) is 19.3 Å². The number of hydrogen-bond donors (Lipinski definition) is 2. The van der Waals surface area contributed by atoms with Crippen molar-refractivity contribution in [2.24, 2.45) is 0 Å². The topological polar surface area (TPSA) is 55.5 Å². The smallest absolute Gasteiger partial charge is 0.0867 e. The Morgan fingerprint density at radius 3 is 2.67 bits per heavy atom. The monoisotopic (exact) mass is 303 g/mol. The lowest BCUT2D eigenvalue weighted by molar-refractivity contribution is 0.0398. The predicted octanol–water partition coefficient (Wildman–Crippen LogP) is 3.25. The Morgan fingerprint density at radius 2 is 1.90 bits per heavy atom. The summed E-state index contributed by atoms with van der Waals surface area (Å²) in [6, 6.07) is 15.9. The molecule has 4 heteroatoms. The van der Waals surface area contributed by atoms with Crippen molar-refractivity contribution < 1.29 is 9.84 Å². The number of aliphatic hydroxyl groups is 1. The number of nitrogen functional groups attached to an aromatic ring is 1. The van der Waals surface area contributed by atoms with Gasteiger partial charge in [-0.1, -0.05) is 42.5 Å². The molecular formula is C17H21NO2S. The Morgan fingerprint density at radius 1 is 1.14 bits per heavy atom. The molecule has 0 amide bonds. The highest BCUT2D eigenvalue weighted by Crippen LogP contribution is 2.27. The summed E-state index contributed by atoms with van der Waals surface area (Å²) in [5.41, 5.74) is 8.98. The van der Waals surface area contributed by atoms with Crippen molar-refractivity contribution in [3.8, 4) is 0 Å². The van der Waals surface area contributed by atoms with Crippen molar-refractivity contribution in [3.05, 3.63) is 59.7 Å². The highest BCUT2D eigenvalue weighted by atomic mass is 32.2. The van der Waals surface area contributed by atoms with Crippen molar-refractivity contribution in [2.75, 3.05) is 18.1 Å². The van der Waals surface area contributed by atoms with Crippen LogP contribution in [-0.4, -0.2) is 23.6 Å². The second kappa shape index (κ2) is 8.08. The van der Waals surface area contributed by atoms with Crippen LogP contribution in [0.1, 0.15) is 11.1 Å². The molecule has 0 bridgehead atoms. The molecule has 0 spiro atoms. The number of nitrogens with two attached hydrogens (primary N) is 1. The number of rotatable bonds is 7. The summed E-state index contributed by atoms with van der Waals surface area (Å²) < 4.78 is 5.53. The van der Waals surface area contributed by atoms with E-state index in [-0.39, 0.29) is 0 Å². The molecule has 112 valence electrons. The number of thioether (sulfide) groups is 1. The Bertz CT molecular complexity index is 560. The zero-order valence-corrected chi connectivity index (χ0v) is 13.0. The summed E-state index contributed by atoms with van der Waals surface area (Å²) in [5.74, 6) is 0.572. The average molecular weight is 303 g/mol. The average Bonchev–Trinajstić information content (AvgIpc) is 2.50. The van der Waals surface area contributed by atoms with Gasteiger partial charge in [-0.3, -0.25) is 0 Å². The van der Waals surface area contributed by atoms with Crippen LogP contribution >= 0.6 is 11.8 Å². The molecule has 1 atom stereocenters. The molecule has 3 N–H and O–H groups in total. The Kier molecular flexibility index (Phi) is 6.11. The first-order chi connectivity index (χ1) is 10.2. The Balaban J connectivity index is 1.72. The van der Waals surface area contributed by atoms with E-state index < -0.39 is 6.10 Å². The van der Waals surface area contributed by atoms with E-state index in [0.717, 1.165) is 21.7 Å². The minimum atomic E-state index is -0.501. The normalized spacial score (nSPS) is 12.3. The number of hydrogen-bond acceptors (Lipinski definition) is 4. The molecule has 2 rings (SSSR count). The van der Waals surface area contributed by atoms with E-state index in [2.05, 4.69) is 0 Å². The standard InChI is InChI=1S/C17H21NO2S/c1-13-6-5-9-16(17(13)18)21-12-15(19)11-20-10-14-7-3-2-4-8-14/h2-9,15,19H,10-12,18H2,1H3. The number of para-hydroxylation sites is 1. The largest absolute Gasteiger partial charge is 0.398 e. The SMILES string of the molecule is Cc1cccc(SCC(O)COCc2ccccc2)c1N. The Labute approximate surface area is 130 Å². The molecule has 1 unspecified atom stereocenters. The van der Waals surface area contributed by atoms with Crippen LogP contribution in [-0.2, 0) is 11.3 Å². The van der Waals surface area contributed by atoms with Crippen LogP contribution < -0.4 is 5.73 Å². The molecular weight excluding hydrogens is 282 g/mol. The minimum absolute atomic E-state index is 0.327. The first-order valence-electron chi connectivity index (χ1n) is 6.94. The van der Waals surface area contributed by atoms with E-state index in [1.54, 1.807) is 11.8 Å². The number of aliphatic hydroxyl groups excluding tert-OH is 1. The number of benzene rings is 2. The van der Waals surface area contributed by atoms with Gasteiger partial charge in [0.1, 0.15) is 0 Å². The summed E-state index contributed by atoms with van der Waals surface area (Å²) >= 11 is 1.56. The minimum Gasteiger partial charge on any atom is -0.398 e. The highest BCUT2D eigenvalue weighted by molar-refractivity contribution is 7.99. The van der Waals surface area contributed by atoms with E-state index in [9.17, 15) is 5.11 Å². The van der Waals surface area contributed by atoms with Crippen molar-refractivity contribution in [2.45, 2.75) is 24.5 Å². The summed E-state index contributed by atoms with van der Waals surface area (Å²) in [6.07, 6.45) is -0.501. The van der Waals surface area contributed by atoms with Gasteiger partial charge in [0.25, 0.3) is 0 Å². The molecule has 0 aliphatic rings. The van der Waals surface area contributed by atoms with Crippen molar-refractivity contribution in [1.82, 2.24) is 0 Å². The fourth-order valence-corrected chi connectivity index (χ4v) is 2.86. The van der Waals surface area contributed by atoms with E-state index in [1.807, 2.05) is 55.5 Å². The summed E-state index contributed by atoms with van der Waals surface area (Å²) in [7, 11) is 0. The van der Waals surface area contributed by atoms with Gasteiger partial charge in [0.2, 0.25) is 0 Å². The van der Waals surface area contributed by atoms with E-state index in [4.69, 9.17) is 10.5 Å². The third kappa shape index (κ3) is 5.08. The quantitative estimate of drug-likeness (QED) is 0.609. The number of ether oxygens (including phenoxy) is 1. The van der Waals surface area contributed by atoms with E-state index >= 15 is 0 Å². The molecule has 0 saturated carbocycles. The first kappa shape index (κ1) is 15.9. The molecule has 0 heterocycles. The van der Waals surface area contributed by atoms with E-state index in [1.165, 1.54) is 0 Å². The molecule has 3 nitrogen and oxygen atoms in total. The molecule has 2 aromatic rings. The molecule has 0 aliphatic heterocycles. The molecule has 0 radical (unpaired) electrons. The van der Waals surface area contributed by atoms with Gasteiger partial charge in [-0.25, -0.2) is 0 Å². The van der Waals surface area contributed by atoms with Crippen LogP contribution in [0.15, 0.2) is 53.4 Å². The van der Waals surface area contributed by atoms with Crippen molar-refractivity contribution in [3.63, 3.8) is 0 Å². The first-order valence-corrected chi connectivity index (χ1v) is 7.93. The maximum absolute atomic E-state index is 9.96. The highest BCUT2D eigenvalue weighted by Gasteiger charge is 2.08. The maximum atomic E-state index is 9.96. The zero-order chi connectivity index (χ0) is 15.1. The molecule has 2 aromatic carbocycles. The fraction of sp³-hybridized carbons (Fsp3) is 0.294. The van der Waals surface area contributed by atoms with Crippen LogP contribution in [0.4, 0.5) is 5.69 Å². The lowest BCUT2D eigenvalue weighted by Crippen LogP contribution is -2.18. The van der Waals surface area contributed by atoms with Gasteiger partial charge in [-0.2, -0.15) is 0 Å². The molecule has 21 heavy (non-hydrogen) atoms. The summed E-state index contributed by atoms with van der Waals surface area (Å²) in [5, 5.41) is 9.96. The Hall–Kier alpha value is -1.49. The van der Waals surface area contributed by atoms with Crippen LogP contribution in [0.5, 0.6) is 0 Å². The summed E-state index contributed by atoms with van der Waals surface area (Å²) in [6.45, 7) is 2.83. The van der Waals surface area contributed by atoms with Gasteiger partial charge < -0.3 is 15.6 Å². The van der Waals surface area contributed by atoms with Gasteiger partial charge in [-0.15, -0.1) is 11.8 Å². The van der Waals surface area contributed by atoms with Gasteiger partial charge in [0.15, 0.2) is 0 Å². The molecule has 0 aromatic heterocycles. The predicted molar refractivity (Wildman–Crippen MR) is 88.4 cm³/mol. The lowest BCUT2D eigenvalue weighted by atomic mass is 10.2. The van der Waals surface area contributed by atoms with Gasteiger partial charge in [-0.05, 0) is 24.1 Å². The summed E-state index contributed by atoms with van der Waals surface area (Å²) in [4.78, 5) is 1.01. The van der Waals surface area contributed by atoms with Crippen LogP contribution in [0, 0.1) is 6.92 Å². The van der Waals surface area contributed by atoms with Gasteiger partial charge in [0, 0.05) is 16.3 Å². The zero-order valence-electron chi connectivity index (χ0n) is 12.2. The molecule has 0 aliphatic carbocycles. The molecule has 0 saturated heterocycles. The number of anilines is 1. The van der Waals surface area contributed by atoms with Crippen molar-refractivity contribution in [1.29, 1.82) is 0 Å². The second-order valence-electron chi connectivity index (χ2n) is 4.95. The number of aryl methyl sites for hydroxylation is 1. The lowest BCUT2D eigenvalue weighted by Gasteiger charge is -2.13. The maximum Gasteiger partial charge on any atom is 0.0867 e. The third-order valence-electron chi connectivity index (χ3n) is 3.14. The molecule has 0 fully saturated rings. The fourth-order valence-electron chi connectivity index (χ4n) is 1.90. The second-order valence-corrected chi connectivity index (χ2v) is 6.01.